The minimum atomic E-state index is -0.504. The van der Waals surface area contributed by atoms with E-state index >= 15 is 0 Å². The Bertz CT molecular complexity index is 1070. The van der Waals surface area contributed by atoms with Gasteiger partial charge in [0.05, 0.1) is 11.1 Å². The van der Waals surface area contributed by atoms with E-state index < -0.39 is 11.8 Å². The smallest absolute Gasteiger partial charge is 0.343 e. The van der Waals surface area contributed by atoms with Gasteiger partial charge in [0.15, 0.2) is 5.76 Å². The molecule has 132 valence electrons. The Morgan fingerprint density at radius 1 is 0.963 bits per heavy atom. The van der Waals surface area contributed by atoms with Crippen molar-refractivity contribution in [2.75, 3.05) is 0 Å². The first kappa shape index (κ1) is 16.7. The fourth-order valence-corrected chi connectivity index (χ4v) is 2.72. The number of benzene rings is 3. The first-order valence-electron chi connectivity index (χ1n) is 8.21. The molecule has 3 aromatic carbocycles. The largest absolute Gasteiger partial charge is 0.452 e. The first-order chi connectivity index (χ1) is 13.1. The second-order valence-corrected chi connectivity index (χ2v) is 5.91. The topological polar surface area (TPSA) is 52.6 Å². The molecule has 0 aliphatic carbocycles. The Labute approximate surface area is 154 Å². The summed E-state index contributed by atoms with van der Waals surface area (Å²) in [7, 11) is 0. The fraction of sp³-hybridized carbons (Fsp3) is 0. The van der Waals surface area contributed by atoms with Gasteiger partial charge in [-0.05, 0) is 48.0 Å². The molecule has 0 N–H and O–H groups in total. The third-order valence-electron chi connectivity index (χ3n) is 4.01. The highest BCUT2D eigenvalue weighted by Gasteiger charge is 2.28. The van der Waals surface area contributed by atoms with E-state index in [-0.39, 0.29) is 17.3 Å². The van der Waals surface area contributed by atoms with Gasteiger partial charge in [0, 0.05) is 6.07 Å². The molecule has 0 saturated heterocycles. The average molecular weight is 360 g/mol. The van der Waals surface area contributed by atoms with Crippen molar-refractivity contribution < 1.29 is 23.5 Å². The maximum absolute atomic E-state index is 13.3. The standard InChI is InChI=1S/C22H13FO4/c23-16-8-4-5-14(11-16)12-20-21(24)18-10-9-17(13-19(18)27-20)26-22(25)15-6-2-1-3-7-15/h1-13H/b20-12-. The molecule has 1 aliphatic rings. The van der Waals surface area contributed by atoms with Crippen LogP contribution < -0.4 is 9.47 Å². The molecule has 0 saturated carbocycles. The van der Waals surface area contributed by atoms with Gasteiger partial charge >= 0.3 is 5.97 Å². The molecule has 0 radical (unpaired) electrons. The zero-order chi connectivity index (χ0) is 18.8. The van der Waals surface area contributed by atoms with Gasteiger partial charge in [0.25, 0.3) is 0 Å². The fourth-order valence-electron chi connectivity index (χ4n) is 2.72. The van der Waals surface area contributed by atoms with Crippen molar-refractivity contribution in [2.45, 2.75) is 0 Å². The number of ether oxygens (including phenoxy) is 2. The number of hydrogen-bond acceptors (Lipinski definition) is 4. The summed E-state index contributed by atoms with van der Waals surface area (Å²) in [6.45, 7) is 0. The van der Waals surface area contributed by atoms with Crippen LogP contribution in [0.3, 0.4) is 0 Å². The van der Waals surface area contributed by atoms with Crippen molar-refractivity contribution in [1.29, 1.82) is 0 Å². The van der Waals surface area contributed by atoms with E-state index in [2.05, 4.69) is 0 Å². The first-order valence-corrected chi connectivity index (χ1v) is 8.21. The van der Waals surface area contributed by atoms with Crippen LogP contribution >= 0.6 is 0 Å². The van der Waals surface area contributed by atoms with Crippen LogP contribution in [0.1, 0.15) is 26.3 Å². The molecule has 4 nitrogen and oxygen atoms in total. The number of allylic oxidation sites excluding steroid dienone is 1. The average Bonchev–Trinajstić information content (AvgIpc) is 2.97. The van der Waals surface area contributed by atoms with Gasteiger partial charge in [-0.1, -0.05) is 30.3 Å². The number of fused-ring (bicyclic) bond motifs is 1. The van der Waals surface area contributed by atoms with Crippen LogP contribution in [-0.4, -0.2) is 11.8 Å². The molecule has 27 heavy (non-hydrogen) atoms. The van der Waals surface area contributed by atoms with Crippen LogP contribution in [0.25, 0.3) is 6.08 Å². The van der Waals surface area contributed by atoms with Crippen LogP contribution in [0, 0.1) is 5.82 Å². The van der Waals surface area contributed by atoms with Crippen molar-refractivity contribution >= 4 is 17.8 Å². The molecule has 0 amide bonds. The molecule has 3 aromatic rings. The van der Waals surface area contributed by atoms with Gasteiger partial charge in [-0.25, -0.2) is 9.18 Å². The summed E-state index contributed by atoms with van der Waals surface area (Å²) in [6, 6.07) is 19.0. The van der Waals surface area contributed by atoms with Crippen LogP contribution in [0.2, 0.25) is 0 Å². The Balaban J connectivity index is 1.57. The van der Waals surface area contributed by atoms with Gasteiger partial charge in [-0.15, -0.1) is 0 Å². The molecular weight excluding hydrogens is 347 g/mol. The van der Waals surface area contributed by atoms with Crippen molar-refractivity contribution in [3.05, 3.63) is 101 Å². The summed E-state index contributed by atoms with van der Waals surface area (Å²) in [4.78, 5) is 24.6. The van der Waals surface area contributed by atoms with Gasteiger partial charge in [-0.3, -0.25) is 4.79 Å². The summed E-state index contributed by atoms with van der Waals surface area (Å²) in [5.74, 6) is -0.571. The molecule has 0 spiro atoms. The summed E-state index contributed by atoms with van der Waals surface area (Å²) in [5.41, 5.74) is 1.29. The van der Waals surface area contributed by atoms with Gasteiger partial charge in [0.2, 0.25) is 5.78 Å². The monoisotopic (exact) mass is 360 g/mol. The molecule has 5 heteroatoms. The second kappa shape index (κ2) is 6.88. The Hall–Kier alpha value is -3.73. The molecule has 4 rings (SSSR count). The molecule has 0 unspecified atom stereocenters. The lowest BCUT2D eigenvalue weighted by molar-refractivity contribution is 0.0734. The van der Waals surface area contributed by atoms with Crippen molar-refractivity contribution in [3.8, 4) is 11.5 Å². The van der Waals surface area contributed by atoms with Gasteiger partial charge in [0.1, 0.15) is 17.3 Å². The van der Waals surface area contributed by atoms with Crippen molar-refractivity contribution in [3.63, 3.8) is 0 Å². The highest BCUT2D eigenvalue weighted by Crippen LogP contribution is 2.35. The van der Waals surface area contributed by atoms with Crippen LogP contribution in [-0.2, 0) is 0 Å². The Kier molecular flexibility index (Phi) is 4.26. The zero-order valence-electron chi connectivity index (χ0n) is 14.0. The lowest BCUT2D eigenvalue weighted by Gasteiger charge is -2.05. The lowest BCUT2D eigenvalue weighted by Crippen LogP contribution is -2.08. The molecule has 1 aliphatic heterocycles. The molecule has 0 aromatic heterocycles. The van der Waals surface area contributed by atoms with E-state index in [0.29, 0.717) is 22.4 Å². The summed E-state index contributed by atoms with van der Waals surface area (Å²) >= 11 is 0. The third-order valence-corrected chi connectivity index (χ3v) is 4.01. The predicted molar refractivity (Wildman–Crippen MR) is 97.2 cm³/mol. The SMILES string of the molecule is O=C(Oc1ccc2c(c1)O/C(=C\c1cccc(F)c1)C2=O)c1ccccc1. The minimum absolute atomic E-state index is 0.0853. The second-order valence-electron chi connectivity index (χ2n) is 5.91. The Morgan fingerprint density at radius 2 is 1.78 bits per heavy atom. The molecule has 0 bridgehead atoms. The number of carbonyl (C=O) groups is 2. The molecular formula is C22H13FO4. The zero-order valence-corrected chi connectivity index (χ0v) is 14.0. The number of hydrogen-bond donors (Lipinski definition) is 0. The van der Waals surface area contributed by atoms with Gasteiger partial charge in [-0.2, -0.15) is 0 Å². The number of halogens is 1. The summed E-state index contributed by atoms with van der Waals surface area (Å²) in [6.07, 6.45) is 1.47. The number of Topliss-reactive ketones (excluding diaryl/α,β-unsaturated/α-hetero) is 1. The van der Waals surface area contributed by atoms with E-state index in [1.807, 2.05) is 0 Å². The highest BCUT2D eigenvalue weighted by molar-refractivity contribution is 6.14. The lowest BCUT2D eigenvalue weighted by atomic mass is 10.1. The van der Waals surface area contributed by atoms with Gasteiger partial charge < -0.3 is 9.47 Å². The normalized spacial score (nSPS) is 14.0. The minimum Gasteiger partial charge on any atom is -0.452 e. The van der Waals surface area contributed by atoms with Crippen molar-refractivity contribution in [2.24, 2.45) is 0 Å². The third kappa shape index (κ3) is 3.48. The summed E-state index contributed by atoms with van der Waals surface area (Å²) in [5, 5.41) is 0. The maximum Gasteiger partial charge on any atom is 0.343 e. The highest BCUT2D eigenvalue weighted by atomic mass is 19.1. The van der Waals surface area contributed by atoms with Crippen molar-refractivity contribution in [1.82, 2.24) is 0 Å². The molecule has 0 atom stereocenters. The van der Waals surface area contributed by atoms with E-state index in [0.717, 1.165) is 0 Å². The predicted octanol–water partition coefficient (Wildman–Crippen LogP) is 4.66. The number of esters is 1. The number of ketones is 1. The van der Waals surface area contributed by atoms with E-state index in [4.69, 9.17) is 9.47 Å². The van der Waals surface area contributed by atoms with E-state index in [1.54, 1.807) is 42.5 Å². The Morgan fingerprint density at radius 3 is 2.56 bits per heavy atom. The molecule has 0 fully saturated rings. The maximum atomic E-state index is 13.3. The quantitative estimate of drug-likeness (QED) is 0.387. The number of carbonyl (C=O) groups excluding carboxylic acids is 2. The van der Waals surface area contributed by atoms with Crippen LogP contribution in [0.15, 0.2) is 78.6 Å². The van der Waals surface area contributed by atoms with E-state index in [1.165, 1.54) is 36.4 Å². The van der Waals surface area contributed by atoms with E-state index in [9.17, 15) is 14.0 Å². The molecule has 1 heterocycles. The summed E-state index contributed by atoms with van der Waals surface area (Å²) < 4.78 is 24.2. The van der Waals surface area contributed by atoms with Crippen LogP contribution in [0.4, 0.5) is 4.39 Å². The van der Waals surface area contributed by atoms with Crippen LogP contribution in [0.5, 0.6) is 11.5 Å². The number of rotatable bonds is 3.